The van der Waals surface area contributed by atoms with E-state index in [-0.39, 0.29) is 46.3 Å². The fourth-order valence-electron chi connectivity index (χ4n) is 2.60. The number of hydrogen-bond donors (Lipinski definition) is 5. The summed E-state index contributed by atoms with van der Waals surface area (Å²) in [6.07, 6.45) is 2.05. The molecule has 6 N–H and O–H groups in total. The van der Waals surface area contributed by atoms with Gasteiger partial charge in [0, 0.05) is 17.9 Å². The molecule has 0 aliphatic rings. The first-order valence-corrected chi connectivity index (χ1v) is 12.3. The zero-order valence-corrected chi connectivity index (χ0v) is 20.6. The van der Waals surface area contributed by atoms with Crippen molar-refractivity contribution in [1.29, 1.82) is 0 Å². The lowest BCUT2D eigenvalue weighted by Gasteiger charge is -2.20. The Morgan fingerprint density at radius 1 is 1.11 bits per heavy atom. The number of nitrogens with two attached hydrogens (primary N) is 1. The lowest BCUT2D eigenvalue weighted by Crippen LogP contribution is -2.38. The maximum atomic E-state index is 12.7. The van der Waals surface area contributed by atoms with Crippen LogP contribution in [0.1, 0.15) is 48.4 Å². The molecule has 14 heteroatoms. The highest BCUT2D eigenvalue weighted by atomic mass is 32.2. The van der Waals surface area contributed by atoms with Gasteiger partial charge in [-0.1, -0.05) is 13.8 Å². The van der Waals surface area contributed by atoms with E-state index in [4.69, 9.17) is 15.0 Å². The second-order valence-electron chi connectivity index (χ2n) is 8.15. The zero-order valence-electron chi connectivity index (χ0n) is 19.8. The van der Waals surface area contributed by atoms with Gasteiger partial charge in [-0.15, -0.1) is 0 Å². The standard InChI is InChI=1S/C21H28N6O7S/c1-10(2)11(3)24-18-15(17(22)28)9-23-21(27-18)26-13-6-7-16(34-35(5,32)33)14(8-13)19(29)25-12(4)20(30)31/h6-12H,1-5H3,(H2,22,28)(H,25,29)(H,30,31)(H2,23,24,26,27)/t11-,12-/m1/s1. The molecule has 1 aromatic heterocycles. The molecular weight excluding hydrogens is 480 g/mol. The van der Waals surface area contributed by atoms with Crippen molar-refractivity contribution in [3.8, 4) is 5.75 Å². The highest BCUT2D eigenvalue weighted by Crippen LogP contribution is 2.26. The molecule has 0 fully saturated rings. The summed E-state index contributed by atoms with van der Waals surface area (Å²) in [5.74, 6) is -2.69. The molecule has 0 radical (unpaired) electrons. The molecule has 2 rings (SSSR count). The van der Waals surface area contributed by atoms with Crippen molar-refractivity contribution in [3.05, 3.63) is 35.5 Å². The van der Waals surface area contributed by atoms with Crippen molar-refractivity contribution >= 4 is 45.4 Å². The second-order valence-corrected chi connectivity index (χ2v) is 9.73. The summed E-state index contributed by atoms with van der Waals surface area (Å²) in [6.45, 7) is 7.13. The van der Waals surface area contributed by atoms with Crippen LogP contribution in [-0.4, -0.2) is 59.6 Å². The van der Waals surface area contributed by atoms with Crippen molar-refractivity contribution in [2.75, 3.05) is 16.9 Å². The summed E-state index contributed by atoms with van der Waals surface area (Å²) in [5.41, 5.74) is 5.52. The number of benzene rings is 1. The number of aliphatic carboxylic acids is 1. The van der Waals surface area contributed by atoms with Gasteiger partial charge in [0.15, 0.2) is 5.75 Å². The van der Waals surface area contributed by atoms with E-state index in [1.54, 1.807) is 0 Å². The number of primary amides is 1. The van der Waals surface area contributed by atoms with Gasteiger partial charge in [-0.25, -0.2) is 4.98 Å². The molecule has 0 saturated carbocycles. The van der Waals surface area contributed by atoms with Crippen LogP contribution in [0.5, 0.6) is 5.75 Å². The van der Waals surface area contributed by atoms with Crippen LogP contribution in [0.2, 0.25) is 0 Å². The van der Waals surface area contributed by atoms with Crippen molar-refractivity contribution in [2.24, 2.45) is 11.7 Å². The molecule has 0 saturated heterocycles. The van der Waals surface area contributed by atoms with Crippen LogP contribution < -0.4 is 25.9 Å². The van der Waals surface area contributed by atoms with Gasteiger partial charge < -0.3 is 31.0 Å². The average Bonchev–Trinajstić information content (AvgIpc) is 2.73. The quantitative estimate of drug-likeness (QED) is 0.274. The summed E-state index contributed by atoms with van der Waals surface area (Å²) < 4.78 is 28.1. The van der Waals surface area contributed by atoms with Gasteiger partial charge in [-0.3, -0.25) is 14.4 Å². The van der Waals surface area contributed by atoms with Gasteiger partial charge in [0.25, 0.3) is 11.8 Å². The van der Waals surface area contributed by atoms with Crippen molar-refractivity contribution in [2.45, 2.75) is 39.8 Å². The van der Waals surface area contributed by atoms with E-state index < -0.39 is 33.9 Å². The summed E-state index contributed by atoms with van der Waals surface area (Å²) >= 11 is 0. The van der Waals surface area contributed by atoms with Crippen LogP contribution >= 0.6 is 0 Å². The van der Waals surface area contributed by atoms with Gasteiger partial charge in [0.1, 0.15) is 11.9 Å². The fourth-order valence-corrected chi connectivity index (χ4v) is 3.07. The topological polar surface area (TPSA) is 203 Å². The van der Waals surface area contributed by atoms with E-state index in [0.717, 1.165) is 6.26 Å². The van der Waals surface area contributed by atoms with Gasteiger partial charge in [0.05, 0.1) is 17.4 Å². The van der Waals surface area contributed by atoms with E-state index in [2.05, 4.69) is 25.9 Å². The third-order valence-corrected chi connectivity index (χ3v) is 5.34. The van der Waals surface area contributed by atoms with Crippen LogP contribution in [0.3, 0.4) is 0 Å². The second kappa shape index (κ2) is 11.0. The molecular formula is C21H28N6O7S. The van der Waals surface area contributed by atoms with Gasteiger partial charge in [0.2, 0.25) is 5.95 Å². The first kappa shape index (κ1) is 27.3. The number of hydrogen-bond acceptors (Lipinski definition) is 10. The Kier molecular flexibility index (Phi) is 8.57. The number of carbonyl (C=O) groups is 3. The SMILES string of the molecule is CC(C)[C@@H](C)Nc1nc(Nc2ccc(OS(C)(=O)=O)c(C(=O)N[C@H](C)C(=O)O)c2)ncc1C(N)=O. The van der Waals surface area contributed by atoms with Crippen LogP contribution in [-0.2, 0) is 14.9 Å². The third-order valence-electron chi connectivity index (χ3n) is 4.86. The largest absolute Gasteiger partial charge is 0.480 e. The molecule has 0 spiro atoms. The highest BCUT2D eigenvalue weighted by molar-refractivity contribution is 7.86. The smallest absolute Gasteiger partial charge is 0.325 e. The molecule has 190 valence electrons. The van der Waals surface area contributed by atoms with Crippen molar-refractivity contribution in [1.82, 2.24) is 15.3 Å². The minimum atomic E-state index is -3.98. The average molecular weight is 509 g/mol. The Morgan fingerprint density at radius 2 is 1.77 bits per heavy atom. The minimum Gasteiger partial charge on any atom is -0.480 e. The zero-order chi connectivity index (χ0) is 26.5. The Bertz CT molecular complexity index is 1230. The number of nitrogens with zero attached hydrogens (tertiary/aromatic N) is 2. The molecule has 35 heavy (non-hydrogen) atoms. The van der Waals surface area contributed by atoms with E-state index in [1.165, 1.54) is 31.3 Å². The molecule has 0 aliphatic heterocycles. The molecule has 0 aliphatic carbocycles. The van der Waals surface area contributed by atoms with Gasteiger partial charge in [-0.2, -0.15) is 13.4 Å². The molecule has 13 nitrogen and oxygen atoms in total. The van der Waals surface area contributed by atoms with Crippen LogP contribution in [0, 0.1) is 5.92 Å². The molecule has 1 aromatic carbocycles. The predicted molar refractivity (Wildman–Crippen MR) is 128 cm³/mol. The van der Waals surface area contributed by atoms with Crippen molar-refractivity contribution < 1.29 is 32.1 Å². The summed E-state index contributed by atoms with van der Waals surface area (Å²) in [7, 11) is -3.98. The molecule has 1 heterocycles. The van der Waals surface area contributed by atoms with Crippen LogP contribution in [0.25, 0.3) is 0 Å². The van der Waals surface area contributed by atoms with Gasteiger partial charge in [-0.05, 0) is 38.0 Å². The number of anilines is 3. The molecule has 2 aromatic rings. The third kappa shape index (κ3) is 7.81. The van der Waals surface area contributed by atoms with E-state index >= 15 is 0 Å². The number of carboxylic acids is 1. The number of nitrogens with one attached hydrogen (secondary N) is 3. The van der Waals surface area contributed by atoms with Crippen LogP contribution in [0.4, 0.5) is 17.5 Å². The van der Waals surface area contributed by atoms with Crippen LogP contribution in [0.15, 0.2) is 24.4 Å². The first-order chi connectivity index (χ1) is 16.2. The van der Waals surface area contributed by atoms with E-state index in [9.17, 15) is 22.8 Å². The number of aromatic nitrogens is 2. The summed E-state index contributed by atoms with van der Waals surface area (Å²) in [4.78, 5) is 43.9. The predicted octanol–water partition coefficient (Wildman–Crippen LogP) is 1.32. The molecule has 0 unspecified atom stereocenters. The summed E-state index contributed by atoms with van der Waals surface area (Å²) in [6, 6.07) is 2.59. The Labute approximate surface area is 202 Å². The first-order valence-electron chi connectivity index (χ1n) is 10.5. The molecule has 0 bridgehead atoms. The van der Waals surface area contributed by atoms with E-state index in [0.29, 0.717) is 0 Å². The minimum absolute atomic E-state index is 0.0465. The number of carbonyl (C=O) groups excluding carboxylic acids is 2. The number of amides is 2. The Balaban J connectivity index is 2.44. The lowest BCUT2D eigenvalue weighted by atomic mass is 10.1. The lowest BCUT2D eigenvalue weighted by molar-refractivity contribution is -0.138. The fraction of sp³-hybridized carbons (Fsp3) is 0.381. The Hall–Kier alpha value is -3.94. The monoisotopic (exact) mass is 508 g/mol. The van der Waals surface area contributed by atoms with Gasteiger partial charge >= 0.3 is 16.1 Å². The number of carboxylic acid groups (broad SMARTS) is 1. The maximum Gasteiger partial charge on any atom is 0.325 e. The molecule has 2 atom stereocenters. The molecule has 2 amide bonds. The van der Waals surface area contributed by atoms with Crippen molar-refractivity contribution in [3.63, 3.8) is 0 Å². The Morgan fingerprint density at radius 3 is 2.31 bits per heavy atom. The number of rotatable bonds is 11. The van der Waals surface area contributed by atoms with E-state index in [1.807, 2.05) is 20.8 Å². The normalized spacial score (nSPS) is 13.0. The summed E-state index contributed by atoms with van der Waals surface area (Å²) in [5, 5.41) is 17.3. The maximum absolute atomic E-state index is 12.7. The highest BCUT2D eigenvalue weighted by Gasteiger charge is 2.22.